The molecule has 18 heavy (non-hydrogen) atoms. The number of methoxy groups -OCH3 is 1. The number of nitrogens with one attached hydrogen (secondary N) is 1. The molecule has 3 heteroatoms. The summed E-state index contributed by atoms with van der Waals surface area (Å²) in [5, 5.41) is 3.48. The van der Waals surface area contributed by atoms with Crippen LogP contribution in [0.4, 0.5) is 0 Å². The average Bonchev–Trinajstić information content (AvgIpc) is 2.38. The van der Waals surface area contributed by atoms with Gasteiger partial charge in [0.25, 0.3) is 0 Å². The highest BCUT2D eigenvalue weighted by molar-refractivity contribution is 4.86. The van der Waals surface area contributed by atoms with Crippen molar-refractivity contribution in [2.24, 2.45) is 0 Å². The Kier molecular flexibility index (Phi) is 7.20. The first-order chi connectivity index (χ1) is 8.61. The lowest BCUT2D eigenvalue weighted by atomic mass is 9.93. The van der Waals surface area contributed by atoms with Crippen molar-refractivity contribution >= 4 is 0 Å². The van der Waals surface area contributed by atoms with E-state index in [0.29, 0.717) is 6.04 Å². The lowest BCUT2D eigenvalue weighted by Gasteiger charge is -2.42. The molecule has 108 valence electrons. The van der Waals surface area contributed by atoms with Gasteiger partial charge in [0.2, 0.25) is 0 Å². The number of likely N-dealkylation sites (tertiary alicyclic amines) is 1. The molecule has 1 aliphatic heterocycles. The van der Waals surface area contributed by atoms with Gasteiger partial charge in [-0.05, 0) is 65.6 Å². The summed E-state index contributed by atoms with van der Waals surface area (Å²) in [6.45, 7) is 11.5. The number of piperidine rings is 1. The Morgan fingerprint density at radius 2 is 2.17 bits per heavy atom. The standard InChI is InChI=1S/C15H32N2O/c1-5-10-16-11-6-8-14(2)17-12-7-9-15(3,13-17)18-4/h14,16H,5-13H2,1-4H3. The summed E-state index contributed by atoms with van der Waals surface area (Å²) >= 11 is 0. The Hall–Kier alpha value is -0.120. The smallest absolute Gasteiger partial charge is 0.0777 e. The molecule has 2 atom stereocenters. The molecule has 1 fully saturated rings. The minimum Gasteiger partial charge on any atom is -0.377 e. The Morgan fingerprint density at radius 1 is 1.39 bits per heavy atom. The van der Waals surface area contributed by atoms with Gasteiger partial charge in [-0.2, -0.15) is 0 Å². The molecule has 0 aromatic rings. The fourth-order valence-corrected chi connectivity index (χ4v) is 2.79. The normalized spacial score (nSPS) is 27.3. The monoisotopic (exact) mass is 256 g/mol. The van der Waals surface area contributed by atoms with Crippen molar-refractivity contribution in [2.75, 3.05) is 33.3 Å². The van der Waals surface area contributed by atoms with Crippen molar-refractivity contribution < 1.29 is 4.74 Å². The maximum atomic E-state index is 5.66. The maximum Gasteiger partial charge on any atom is 0.0777 e. The van der Waals surface area contributed by atoms with E-state index in [9.17, 15) is 0 Å². The van der Waals surface area contributed by atoms with Crippen LogP contribution in [0.3, 0.4) is 0 Å². The molecule has 1 saturated heterocycles. The van der Waals surface area contributed by atoms with Crippen LogP contribution in [-0.4, -0.2) is 49.8 Å². The number of hydrogen-bond acceptors (Lipinski definition) is 3. The van der Waals surface area contributed by atoms with Crippen LogP contribution in [-0.2, 0) is 4.74 Å². The van der Waals surface area contributed by atoms with Crippen molar-refractivity contribution in [3.8, 4) is 0 Å². The Bertz CT molecular complexity index is 223. The molecule has 0 aliphatic carbocycles. The second-order valence-corrected chi connectivity index (χ2v) is 5.97. The largest absolute Gasteiger partial charge is 0.377 e. The zero-order chi connectivity index (χ0) is 13.4. The van der Waals surface area contributed by atoms with E-state index in [2.05, 4.69) is 31.0 Å². The molecular weight excluding hydrogens is 224 g/mol. The minimum atomic E-state index is 0.0764. The molecular formula is C15H32N2O. The summed E-state index contributed by atoms with van der Waals surface area (Å²) in [5.41, 5.74) is 0.0764. The predicted molar refractivity (Wildman–Crippen MR) is 78.1 cm³/mol. The first-order valence-electron chi connectivity index (χ1n) is 7.61. The van der Waals surface area contributed by atoms with Crippen LogP contribution in [0.1, 0.15) is 52.9 Å². The average molecular weight is 256 g/mol. The van der Waals surface area contributed by atoms with Crippen molar-refractivity contribution in [1.82, 2.24) is 10.2 Å². The van der Waals surface area contributed by atoms with E-state index < -0.39 is 0 Å². The lowest BCUT2D eigenvalue weighted by molar-refractivity contribution is -0.0603. The van der Waals surface area contributed by atoms with Crippen LogP contribution >= 0.6 is 0 Å². The molecule has 0 bridgehead atoms. The van der Waals surface area contributed by atoms with Crippen molar-refractivity contribution in [2.45, 2.75) is 64.5 Å². The van der Waals surface area contributed by atoms with Gasteiger partial charge < -0.3 is 10.1 Å². The number of ether oxygens (including phenoxy) is 1. The third-order valence-electron chi connectivity index (χ3n) is 4.21. The van der Waals surface area contributed by atoms with Gasteiger partial charge in [0.15, 0.2) is 0 Å². The van der Waals surface area contributed by atoms with Crippen LogP contribution in [0.5, 0.6) is 0 Å². The molecule has 0 aromatic heterocycles. The van der Waals surface area contributed by atoms with Crippen molar-refractivity contribution in [3.05, 3.63) is 0 Å². The third-order valence-corrected chi connectivity index (χ3v) is 4.21. The highest BCUT2D eigenvalue weighted by Gasteiger charge is 2.32. The van der Waals surface area contributed by atoms with Crippen LogP contribution in [0, 0.1) is 0 Å². The summed E-state index contributed by atoms with van der Waals surface area (Å²) in [6.07, 6.45) is 6.26. The van der Waals surface area contributed by atoms with E-state index in [0.717, 1.165) is 19.6 Å². The van der Waals surface area contributed by atoms with E-state index in [4.69, 9.17) is 4.74 Å². The van der Waals surface area contributed by atoms with Gasteiger partial charge >= 0.3 is 0 Å². The molecule has 1 aliphatic rings. The SMILES string of the molecule is CCCNCCCC(C)N1CCCC(C)(OC)C1. The highest BCUT2D eigenvalue weighted by Crippen LogP contribution is 2.25. The molecule has 0 spiro atoms. The van der Waals surface area contributed by atoms with Gasteiger partial charge in [0, 0.05) is 19.7 Å². The van der Waals surface area contributed by atoms with Gasteiger partial charge in [0.1, 0.15) is 0 Å². The topological polar surface area (TPSA) is 24.5 Å². The zero-order valence-electron chi connectivity index (χ0n) is 12.8. The summed E-state index contributed by atoms with van der Waals surface area (Å²) in [4.78, 5) is 2.60. The first kappa shape index (κ1) is 15.9. The highest BCUT2D eigenvalue weighted by atomic mass is 16.5. The quantitative estimate of drug-likeness (QED) is 0.676. The predicted octanol–water partition coefficient (Wildman–Crippen LogP) is 2.66. The molecule has 0 aromatic carbocycles. The van der Waals surface area contributed by atoms with Crippen LogP contribution < -0.4 is 5.32 Å². The van der Waals surface area contributed by atoms with E-state index in [-0.39, 0.29) is 5.60 Å². The van der Waals surface area contributed by atoms with E-state index in [1.54, 1.807) is 0 Å². The van der Waals surface area contributed by atoms with Crippen LogP contribution in [0.25, 0.3) is 0 Å². The van der Waals surface area contributed by atoms with E-state index in [1.165, 1.54) is 38.6 Å². The fourth-order valence-electron chi connectivity index (χ4n) is 2.79. The number of nitrogens with zero attached hydrogens (tertiary/aromatic N) is 1. The second kappa shape index (κ2) is 8.13. The molecule has 0 amide bonds. The molecule has 0 radical (unpaired) electrons. The maximum absolute atomic E-state index is 5.66. The molecule has 3 nitrogen and oxygen atoms in total. The number of rotatable bonds is 8. The Balaban J connectivity index is 2.22. The van der Waals surface area contributed by atoms with E-state index >= 15 is 0 Å². The second-order valence-electron chi connectivity index (χ2n) is 5.97. The molecule has 2 unspecified atom stereocenters. The summed E-state index contributed by atoms with van der Waals surface area (Å²) < 4.78 is 5.66. The van der Waals surface area contributed by atoms with Crippen molar-refractivity contribution in [3.63, 3.8) is 0 Å². The molecule has 1 N–H and O–H groups in total. The van der Waals surface area contributed by atoms with Crippen molar-refractivity contribution in [1.29, 1.82) is 0 Å². The van der Waals surface area contributed by atoms with Gasteiger partial charge in [0.05, 0.1) is 5.60 Å². The molecule has 1 rings (SSSR count). The van der Waals surface area contributed by atoms with Crippen LogP contribution in [0.2, 0.25) is 0 Å². The Labute approximate surface area is 113 Å². The van der Waals surface area contributed by atoms with E-state index in [1.807, 2.05) is 7.11 Å². The van der Waals surface area contributed by atoms with Gasteiger partial charge in [-0.1, -0.05) is 6.92 Å². The minimum absolute atomic E-state index is 0.0764. The molecule has 0 saturated carbocycles. The third kappa shape index (κ3) is 5.25. The summed E-state index contributed by atoms with van der Waals surface area (Å²) in [7, 11) is 1.85. The van der Waals surface area contributed by atoms with Gasteiger partial charge in [-0.3, -0.25) is 4.90 Å². The number of hydrogen-bond donors (Lipinski definition) is 1. The Morgan fingerprint density at radius 3 is 2.83 bits per heavy atom. The lowest BCUT2D eigenvalue weighted by Crippen LogP contribution is -2.50. The fraction of sp³-hybridized carbons (Fsp3) is 1.00. The first-order valence-corrected chi connectivity index (χ1v) is 7.61. The van der Waals surface area contributed by atoms with Gasteiger partial charge in [-0.15, -0.1) is 0 Å². The zero-order valence-corrected chi connectivity index (χ0v) is 12.8. The summed E-state index contributed by atoms with van der Waals surface area (Å²) in [6, 6.07) is 0.684. The summed E-state index contributed by atoms with van der Waals surface area (Å²) in [5.74, 6) is 0. The van der Waals surface area contributed by atoms with Gasteiger partial charge in [-0.25, -0.2) is 0 Å². The van der Waals surface area contributed by atoms with Crippen LogP contribution in [0.15, 0.2) is 0 Å². The molecule has 1 heterocycles.